The van der Waals surface area contributed by atoms with Crippen molar-refractivity contribution < 1.29 is 0 Å². The van der Waals surface area contributed by atoms with Crippen LogP contribution in [0.1, 0.15) is 0 Å². The number of anilines is 1. The van der Waals surface area contributed by atoms with E-state index in [4.69, 9.17) is 5.73 Å². The van der Waals surface area contributed by atoms with Gasteiger partial charge in [-0.15, -0.1) is 5.11 Å². The van der Waals surface area contributed by atoms with E-state index in [9.17, 15) is 0 Å². The molecule has 0 heterocycles. The van der Waals surface area contributed by atoms with Crippen LogP contribution in [0.5, 0.6) is 0 Å². The maximum absolute atomic E-state index is 5.87. The smallest absolute Gasteiger partial charge is 0.0935 e. The number of azo groups is 1. The Morgan fingerprint density at radius 3 is 2.24 bits per heavy atom. The SMILES string of the molecule is Nc1c(Br)cc(N=Nc2cccc3ccccc23)cc1Br. The number of halogens is 2. The van der Waals surface area contributed by atoms with Crippen molar-refractivity contribution in [2.75, 3.05) is 5.73 Å². The van der Waals surface area contributed by atoms with E-state index in [-0.39, 0.29) is 0 Å². The molecule has 0 saturated heterocycles. The maximum Gasteiger partial charge on any atom is 0.0935 e. The summed E-state index contributed by atoms with van der Waals surface area (Å²) in [6.07, 6.45) is 0. The molecule has 0 aliphatic carbocycles. The molecule has 0 spiro atoms. The largest absolute Gasteiger partial charge is 0.397 e. The van der Waals surface area contributed by atoms with Crippen LogP contribution in [0.4, 0.5) is 17.1 Å². The van der Waals surface area contributed by atoms with Crippen LogP contribution in [0.2, 0.25) is 0 Å². The van der Waals surface area contributed by atoms with Gasteiger partial charge in [-0.1, -0.05) is 36.4 Å². The highest BCUT2D eigenvalue weighted by Crippen LogP contribution is 2.34. The molecule has 3 aromatic rings. The average molecular weight is 405 g/mol. The van der Waals surface area contributed by atoms with E-state index in [0.29, 0.717) is 5.69 Å². The summed E-state index contributed by atoms with van der Waals surface area (Å²) >= 11 is 6.81. The van der Waals surface area contributed by atoms with E-state index < -0.39 is 0 Å². The first-order valence-electron chi connectivity index (χ1n) is 6.29. The van der Waals surface area contributed by atoms with Crippen molar-refractivity contribution in [3.63, 3.8) is 0 Å². The summed E-state index contributed by atoms with van der Waals surface area (Å²) in [4.78, 5) is 0. The molecule has 0 amide bonds. The van der Waals surface area contributed by atoms with Crippen LogP contribution in [-0.4, -0.2) is 0 Å². The molecule has 5 heteroatoms. The number of hydrogen-bond donors (Lipinski definition) is 1. The Morgan fingerprint density at radius 2 is 1.48 bits per heavy atom. The molecule has 0 unspecified atom stereocenters. The highest BCUT2D eigenvalue weighted by Gasteiger charge is 2.04. The van der Waals surface area contributed by atoms with Gasteiger partial charge in [0.1, 0.15) is 0 Å². The molecule has 0 saturated carbocycles. The maximum atomic E-state index is 5.87. The van der Waals surface area contributed by atoms with E-state index in [1.165, 1.54) is 0 Å². The minimum Gasteiger partial charge on any atom is -0.397 e. The molecular formula is C16H11Br2N3. The van der Waals surface area contributed by atoms with Crippen molar-refractivity contribution in [2.24, 2.45) is 10.2 Å². The number of nitrogen functional groups attached to an aromatic ring is 1. The van der Waals surface area contributed by atoms with Crippen LogP contribution in [-0.2, 0) is 0 Å². The third-order valence-electron chi connectivity index (χ3n) is 3.10. The normalized spacial score (nSPS) is 11.3. The van der Waals surface area contributed by atoms with Crippen LogP contribution in [0.15, 0.2) is 73.8 Å². The lowest BCUT2D eigenvalue weighted by atomic mass is 10.1. The monoisotopic (exact) mass is 403 g/mol. The fraction of sp³-hybridized carbons (Fsp3) is 0. The Hall–Kier alpha value is -1.72. The van der Waals surface area contributed by atoms with Crippen LogP contribution < -0.4 is 5.73 Å². The lowest BCUT2D eigenvalue weighted by Gasteiger charge is -2.03. The fourth-order valence-corrected chi connectivity index (χ4v) is 3.20. The van der Waals surface area contributed by atoms with Gasteiger partial charge in [0.15, 0.2) is 0 Å². The summed E-state index contributed by atoms with van der Waals surface area (Å²) in [5, 5.41) is 10.9. The van der Waals surface area contributed by atoms with Gasteiger partial charge in [-0.05, 0) is 55.4 Å². The van der Waals surface area contributed by atoms with Crippen molar-refractivity contribution in [2.45, 2.75) is 0 Å². The van der Waals surface area contributed by atoms with Gasteiger partial charge in [0.05, 0.1) is 17.1 Å². The summed E-state index contributed by atoms with van der Waals surface area (Å²) in [6, 6.07) is 17.8. The van der Waals surface area contributed by atoms with Gasteiger partial charge in [0.25, 0.3) is 0 Å². The Balaban J connectivity index is 2.02. The lowest BCUT2D eigenvalue weighted by Crippen LogP contribution is -1.87. The molecule has 0 radical (unpaired) electrons. The molecule has 0 aliphatic rings. The Morgan fingerprint density at radius 1 is 0.810 bits per heavy atom. The minimum atomic E-state index is 0.652. The molecular weight excluding hydrogens is 394 g/mol. The van der Waals surface area contributed by atoms with Gasteiger partial charge in [-0.3, -0.25) is 0 Å². The van der Waals surface area contributed by atoms with Crippen molar-refractivity contribution in [3.8, 4) is 0 Å². The molecule has 0 atom stereocenters. The second kappa shape index (κ2) is 5.95. The predicted molar refractivity (Wildman–Crippen MR) is 94.4 cm³/mol. The van der Waals surface area contributed by atoms with E-state index in [1.54, 1.807) is 0 Å². The number of rotatable bonds is 2. The van der Waals surface area contributed by atoms with Gasteiger partial charge in [0.2, 0.25) is 0 Å². The van der Waals surface area contributed by atoms with Crippen LogP contribution >= 0.6 is 31.9 Å². The first-order chi connectivity index (χ1) is 10.1. The summed E-state index contributed by atoms with van der Waals surface area (Å²) in [6.45, 7) is 0. The third-order valence-corrected chi connectivity index (χ3v) is 4.42. The molecule has 2 N–H and O–H groups in total. The molecule has 3 rings (SSSR count). The summed E-state index contributed by atoms with van der Waals surface area (Å²) in [5.74, 6) is 0. The highest BCUT2D eigenvalue weighted by molar-refractivity contribution is 9.11. The van der Waals surface area contributed by atoms with Gasteiger partial charge in [-0.25, -0.2) is 0 Å². The van der Waals surface area contributed by atoms with Gasteiger partial charge < -0.3 is 5.73 Å². The number of hydrogen-bond acceptors (Lipinski definition) is 3. The van der Waals surface area contributed by atoms with E-state index in [0.717, 1.165) is 31.1 Å². The second-order valence-electron chi connectivity index (χ2n) is 4.52. The van der Waals surface area contributed by atoms with E-state index >= 15 is 0 Å². The Bertz CT molecular complexity index is 816. The number of nitrogens with two attached hydrogens (primary N) is 1. The molecule has 21 heavy (non-hydrogen) atoms. The first kappa shape index (κ1) is 14.2. The zero-order valence-electron chi connectivity index (χ0n) is 10.9. The molecule has 0 aromatic heterocycles. The van der Waals surface area contributed by atoms with E-state index in [2.05, 4.69) is 54.2 Å². The molecule has 0 aliphatic heterocycles. The number of fused-ring (bicyclic) bond motifs is 1. The van der Waals surface area contributed by atoms with Crippen molar-refractivity contribution in [3.05, 3.63) is 63.5 Å². The molecule has 3 nitrogen and oxygen atoms in total. The first-order valence-corrected chi connectivity index (χ1v) is 7.88. The Labute approximate surface area is 139 Å². The zero-order chi connectivity index (χ0) is 14.8. The zero-order valence-corrected chi connectivity index (χ0v) is 14.1. The summed E-state index contributed by atoms with van der Waals surface area (Å²) in [7, 11) is 0. The van der Waals surface area contributed by atoms with Crippen molar-refractivity contribution >= 4 is 59.7 Å². The second-order valence-corrected chi connectivity index (χ2v) is 6.23. The summed E-state index contributed by atoms with van der Waals surface area (Å²) < 4.78 is 1.59. The van der Waals surface area contributed by atoms with Crippen molar-refractivity contribution in [1.29, 1.82) is 0 Å². The van der Waals surface area contributed by atoms with E-state index in [1.807, 2.05) is 42.5 Å². The quantitative estimate of drug-likeness (QED) is 0.391. The van der Waals surface area contributed by atoms with Gasteiger partial charge >= 0.3 is 0 Å². The van der Waals surface area contributed by atoms with Gasteiger partial charge in [0, 0.05) is 14.3 Å². The van der Waals surface area contributed by atoms with Crippen LogP contribution in [0.3, 0.4) is 0 Å². The fourth-order valence-electron chi connectivity index (χ4n) is 2.04. The number of benzene rings is 3. The molecule has 3 aromatic carbocycles. The number of nitrogens with zero attached hydrogens (tertiary/aromatic N) is 2. The molecule has 0 fully saturated rings. The van der Waals surface area contributed by atoms with Crippen LogP contribution in [0.25, 0.3) is 10.8 Å². The topological polar surface area (TPSA) is 50.7 Å². The summed E-state index contributed by atoms with van der Waals surface area (Å²) in [5.41, 5.74) is 8.10. The lowest BCUT2D eigenvalue weighted by molar-refractivity contribution is 1.24. The molecule has 0 bridgehead atoms. The average Bonchev–Trinajstić information content (AvgIpc) is 2.50. The Kier molecular flexibility index (Phi) is 4.03. The van der Waals surface area contributed by atoms with Crippen LogP contribution in [0, 0.1) is 0 Å². The van der Waals surface area contributed by atoms with Crippen molar-refractivity contribution in [1.82, 2.24) is 0 Å². The standard InChI is InChI=1S/C16H11Br2N3/c17-13-8-11(9-14(18)16(13)19)20-21-15-7-3-5-10-4-1-2-6-12(10)15/h1-9H,19H2. The minimum absolute atomic E-state index is 0.652. The predicted octanol–water partition coefficient (Wildman–Crippen LogP) is 6.36. The third kappa shape index (κ3) is 2.99. The highest BCUT2D eigenvalue weighted by atomic mass is 79.9. The van der Waals surface area contributed by atoms with Gasteiger partial charge in [-0.2, -0.15) is 5.11 Å². The molecule has 104 valence electrons.